The van der Waals surface area contributed by atoms with Gasteiger partial charge in [0.2, 0.25) is 0 Å². The highest BCUT2D eigenvalue weighted by Gasteiger charge is 2.05. The molecule has 4 heteroatoms. The molecule has 0 saturated heterocycles. The molecule has 2 N–H and O–H groups in total. The number of halogens is 1. The fourth-order valence-corrected chi connectivity index (χ4v) is 2.33. The number of hydrogen-bond donors (Lipinski definition) is 2. The summed E-state index contributed by atoms with van der Waals surface area (Å²) in [5, 5.41) is 4.48. The molecule has 3 rings (SSSR count). The molecule has 0 aliphatic rings. The number of aromatic amines is 1. The van der Waals surface area contributed by atoms with Gasteiger partial charge in [-0.1, -0.05) is 6.07 Å². The number of aromatic nitrogens is 1. The summed E-state index contributed by atoms with van der Waals surface area (Å²) in [5.74, 6) is 0.248. The maximum absolute atomic E-state index is 13.3. The van der Waals surface area contributed by atoms with Crippen molar-refractivity contribution >= 4 is 16.6 Å². The first-order valence-corrected chi connectivity index (χ1v) is 6.98. The molecule has 0 fully saturated rings. The molecule has 0 unspecified atom stereocenters. The Bertz CT molecular complexity index is 751. The van der Waals surface area contributed by atoms with Crippen LogP contribution in [0.5, 0.6) is 5.75 Å². The predicted octanol–water partition coefficient (Wildman–Crippen LogP) is 4.32. The molecule has 3 aromatic rings. The Hall–Kier alpha value is -2.49. The van der Waals surface area contributed by atoms with E-state index >= 15 is 0 Å². The van der Waals surface area contributed by atoms with E-state index in [4.69, 9.17) is 4.74 Å². The van der Waals surface area contributed by atoms with Crippen LogP contribution in [-0.2, 0) is 6.54 Å². The molecule has 0 radical (unpaired) electrons. The highest BCUT2D eigenvalue weighted by Crippen LogP contribution is 2.26. The first kappa shape index (κ1) is 13.5. The monoisotopic (exact) mass is 284 g/mol. The number of rotatable bonds is 5. The van der Waals surface area contributed by atoms with Crippen molar-refractivity contribution in [2.45, 2.75) is 13.5 Å². The minimum Gasteiger partial charge on any atom is -0.492 e. The average Bonchev–Trinajstić information content (AvgIpc) is 2.94. The number of fused-ring (bicyclic) bond motifs is 1. The average molecular weight is 284 g/mol. The number of nitrogens with one attached hydrogen (secondary N) is 2. The first-order valence-electron chi connectivity index (χ1n) is 6.98. The molecule has 21 heavy (non-hydrogen) atoms. The predicted molar refractivity (Wildman–Crippen MR) is 83.2 cm³/mol. The lowest BCUT2D eigenvalue weighted by atomic mass is 10.1. The van der Waals surface area contributed by atoms with Crippen LogP contribution in [0.1, 0.15) is 12.5 Å². The van der Waals surface area contributed by atoms with Crippen LogP contribution < -0.4 is 10.1 Å². The van der Waals surface area contributed by atoms with Gasteiger partial charge in [-0.2, -0.15) is 0 Å². The van der Waals surface area contributed by atoms with E-state index in [1.807, 2.05) is 19.2 Å². The minimum atomic E-state index is -0.294. The molecule has 2 aromatic carbocycles. The van der Waals surface area contributed by atoms with Crippen molar-refractivity contribution in [1.29, 1.82) is 0 Å². The summed E-state index contributed by atoms with van der Waals surface area (Å²) in [5.41, 5.74) is 3.08. The Morgan fingerprint density at radius 3 is 2.90 bits per heavy atom. The zero-order valence-electron chi connectivity index (χ0n) is 11.8. The molecule has 0 aliphatic heterocycles. The summed E-state index contributed by atoms with van der Waals surface area (Å²) < 4.78 is 18.7. The van der Waals surface area contributed by atoms with E-state index in [1.165, 1.54) is 17.5 Å². The number of anilines is 1. The van der Waals surface area contributed by atoms with Crippen molar-refractivity contribution in [1.82, 2.24) is 4.98 Å². The van der Waals surface area contributed by atoms with Crippen molar-refractivity contribution in [2.75, 3.05) is 11.9 Å². The second-order valence-electron chi connectivity index (χ2n) is 4.83. The van der Waals surface area contributed by atoms with Crippen LogP contribution in [0.2, 0.25) is 0 Å². The van der Waals surface area contributed by atoms with Gasteiger partial charge in [0, 0.05) is 24.3 Å². The van der Waals surface area contributed by atoms with E-state index in [9.17, 15) is 4.39 Å². The third kappa shape index (κ3) is 2.99. The van der Waals surface area contributed by atoms with Crippen LogP contribution in [0.15, 0.2) is 48.7 Å². The van der Waals surface area contributed by atoms with Crippen LogP contribution in [0.25, 0.3) is 10.9 Å². The molecule has 0 atom stereocenters. The molecule has 1 aromatic heterocycles. The second-order valence-corrected chi connectivity index (χ2v) is 4.83. The Labute approximate surface area is 122 Å². The van der Waals surface area contributed by atoms with E-state index in [0.717, 1.165) is 16.8 Å². The SMILES string of the molecule is CCOc1cc(F)ccc1NCc1ccc2[nH]ccc2c1. The van der Waals surface area contributed by atoms with Gasteiger partial charge < -0.3 is 15.0 Å². The van der Waals surface area contributed by atoms with E-state index in [0.29, 0.717) is 18.9 Å². The van der Waals surface area contributed by atoms with Crippen LogP contribution in [0, 0.1) is 5.82 Å². The van der Waals surface area contributed by atoms with Gasteiger partial charge in [0.15, 0.2) is 0 Å². The highest BCUT2D eigenvalue weighted by atomic mass is 19.1. The summed E-state index contributed by atoms with van der Waals surface area (Å²) in [6, 6.07) is 12.8. The zero-order chi connectivity index (χ0) is 14.7. The normalized spacial score (nSPS) is 10.8. The Kier molecular flexibility index (Phi) is 3.77. The zero-order valence-corrected chi connectivity index (χ0v) is 11.8. The molecule has 0 bridgehead atoms. The van der Waals surface area contributed by atoms with Gasteiger partial charge >= 0.3 is 0 Å². The number of hydrogen-bond acceptors (Lipinski definition) is 2. The maximum Gasteiger partial charge on any atom is 0.145 e. The van der Waals surface area contributed by atoms with Crippen LogP contribution in [-0.4, -0.2) is 11.6 Å². The Morgan fingerprint density at radius 1 is 1.14 bits per heavy atom. The molecule has 0 amide bonds. The lowest BCUT2D eigenvalue weighted by Gasteiger charge is -2.12. The van der Waals surface area contributed by atoms with E-state index in [2.05, 4.69) is 28.5 Å². The van der Waals surface area contributed by atoms with E-state index in [1.54, 1.807) is 6.07 Å². The summed E-state index contributed by atoms with van der Waals surface area (Å²) in [4.78, 5) is 3.17. The van der Waals surface area contributed by atoms with Gasteiger partial charge in [0.05, 0.1) is 12.3 Å². The molecule has 1 heterocycles. The molecule has 3 nitrogen and oxygen atoms in total. The largest absolute Gasteiger partial charge is 0.492 e. The molecular weight excluding hydrogens is 267 g/mol. The van der Waals surface area contributed by atoms with Gasteiger partial charge in [-0.3, -0.25) is 0 Å². The van der Waals surface area contributed by atoms with Gasteiger partial charge in [0.1, 0.15) is 11.6 Å². The van der Waals surface area contributed by atoms with Gasteiger partial charge in [0.25, 0.3) is 0 Å². The Morgan fingerprint density at radius 2 is 2.05 bits per heavy atom. The quantitative estimate of drug-likeness (QED) is 0.732. The standard InChI is InChI=1S/C17H17FN2O/c1-2-21-17-10-14(18)4-6-16(17)20-11-12-3-5-15-13(9-12)7-8-19-15/h3-10,19-20H,2,11H2,1H3. The number of ether oxygens (including phenoxy) is 1. The molecule has 108 valence electrons. The lowest BCUT2D eigenvalue weighted by molar-refractivity contribution is 0.340. The topological polar surface area (TPSA) is 37.0 Å². The van der Waals surface area contributed by atoms with Crippen LogP contribution >= 0.6 is 0 Å². The smallest absolute Gasteiger partial charge is 0.145 e. The van der Waals surface area contributed by atoms with Gasteiger partial charge in [-0.05, 0) is 48.2 Å². The fourth-order valence-electron chi connectivity index (χ4n) is 2.33. The lowest BCUT2D eigenvalue weighted by Crippen LogP contribution is -2.03. The third-order valence-corrected chi connectivity index (χ3v) is 3.34. The molecular formula is C17H17FN2O. The number of benzene rings is 2. The maximum atomic E-state index is 13.3. The van der Waals surface area contributed by atoms with Crippen molar-refractivity contribution < 1.29 is 9.13 Å². The first-order chi connectivity index (χ1) is 10.3. The van der Waals surface area contributed by atoms with E-state index < -0.39 is 0 Å². The van der Waals surface area contributed by atoms with Crippen LogP contribution in [0.4, 0.5) is 10.1 Å². The van der Waals surface area contributed by atoms with E-state index in [-0.39, 0.29) is 5.82 Å². The fraction of sp³-hybridized carbons (Fsp3) is 0.176. The highest BCUT2D eigenvalue weighted by molar-refractivity contribution is 5.80. The second kappa shape index (κ2) is 5.87. The number of H-pyrrole nitrogens is 1. The summed E-state index contributed by atoms with van der Waals surface area (Å²) >= 11 is 0. The molecule has 0 spiro atoms. The van der Waals surface area contributed by atoms with Crippen LogP contribution in [0.3, 0.4) is 0 Å². The molecule has 0 saturated carbocycles. The van der Waals surface area contributed by atoms with Crippen molar-refractivity contribution in [2.24, 2.45) is 0 Å². The minimum absolute atomic E-state index is 0.294. The summed E-state index contributed by atoms with van der Waals surface area (Å²) in [7, 11) is 0. The third-order valence-electron chi connectivity index (χ3n) is 3.34. The van der Waals surface area contributed by atoms with Crippen molar-refractivity contribution in [3.63, 3.8) is 0 Å². The van der Waals surface area contributed by atoms with Crippen molar-refractivity contribution in [3.05, 3.63) is 60.0 Å². The van der Waals surface area contributed by atoms with Crippen molar-refractivity contribution in [3.8, 4) is 5.75 Å². The Balaban J connectivity index is 1.77. The summed E-state index contributed by atoms with van der Waals surface area (Å²) in [6.45, 7) is 3.05. The van der Waals surface area contributed by atoms with Gasteiger partial charge in [-0.25, -0.2) is 4.39 Å². The van der Waals surface area contributed by atoms with Gasteiger partial charge in [-0.15, -0.1) is 0 Å². The summed E-state index contributed by atoms with van der Waals surface area (Å²) in [6.07, 6.45) is 1.93. The molecule has 0 aliphatic carbocycles.